The van der Waals surface area contributed by atoms with Gasteiger partial charge in [-0.3, -0.25) is 9.59 Å². The molecule has 2 aliphatic rings. The molecule has 0 spiro atoms. The fourth-order valence-electron chi connectivity index (χ4n) is 4.40. The molecule has 0 aliphatic heterocycles. The Morgan fingerprint density at radius 3 is 2.24 bits per heavy atom. The minimum Gasteiger partial charge on any atom is -0.490 e. The summed E-state index contributed by atoms with van der Waals surface area (Å²) in [6, 6.07) is 17.0. The molecule has 8 nitrogen and oxygen atoms in total. The van der Waals surface area contributed by atoms with E-state index in [4.69, 9.17) is 9.84 Å². The van der Waals surface area contributed by atoms with Crippen LogP contribution in [0.1, 0.15) is 53.9 Å². The third-order valence-corrected chi connectivity index (χ3v) is 6.47. The first-order valence-electron chi connectivity index (χ1n) is 11.9. The number of carbonyl (C=O) groups excluding carboxylic acids is 2. The van der Waals surface area contributed by atoms with Crippen molar-refractivity contribution in [1.29, 1.82) is 0 Å². The Morgan fingerprint density at radius 2 is 1.56 bits per heavy atom. The van der Waals surface area contributed by atoms with Gasteiger partial charge in [-0.1, -0.05) is 30.3 Å². The van der Waals surface area contributed by atoms with Gasteiger partial charge in [0.15, 0.2) is 0 Å². The minimum atomic E-state index is -0.732. The van der Waals surface area contributed by atoms with Gasteiger partial charge in [0, 0.05) is 30.6 Å². The summed E-state index contributed by atoms with van der Waals surface area (Å²) in [7, 11) is 0. The van der Waals surface area contributed by atoms with Gasteiger partial charge in [0.05, 0.1) is 12.0 Å². The zero-order valence-electron chi connectivity index (χ0n) is 19.0. The highest BCUT2D eigenvalue weighted by atomic mass is 16.5. The normalized spacial score (nSPS) is 23.4. The maximum absolute atomic E-state index is 12.3. The van der Waals surface area contributed by atoms with E-state index in [1.54, 1.807) is 24.3 Å². The molecule has 2 aliphatic carbocycles. The molecule has 4 N–H and O–H groups in total. The van der Waals surface area contributed by atoms with Crippen LogP contribution < -0.4 is 20.7 Å². The zero-order valence-corrected chi connectivity index (χ0v) is 19.0. The maximum Gasteiger partial charge on any atom is 0.315 e. The average Bonchev–Trinajstić information content (AvgIpc) is 3.62. The van der Waals surface area contributed by atoms with Gasteiger partial charge in [-0.25, -0.2) is 4.79 Å². The van der Waals surface area contributed by atoms with Crippen molar-refractivity contribution in [3.63, 3.8) is 0 Å². The molecule has 2 atom stereocenters. The lowest BCUT2D eigenvalue weighted by Gasteiger charge is -2.26. The molecule has 180 valence electrons. The van der Waals surface area contributed by atoms with E-state index < -0.39 is 5.97 Å². The number of hydrogen-bond donors (Lipinski definition) is 4. The van der Waals surface area contributed by atoms with Gasteiger partial charge in [-0.15, -0.1) is 0 Å². The molecule has 2 saturated carbocycles. The van der Waals surface area contributed by atoms with Crippen molar-refractivity contribution in [2.45, 2.75) is 50.2 Å². The van der Waals surface area contributed by atoms with E-state index in [0.717, 1.165) is 6.42 Å². The van der Waals surface area contributed by atoms with Crippen molar-refractivity contribution in [3.05, 3.63) is 65.7 Å². The van der Waals surface area contributed by atoms with E-state index in [1.807, 2.05) is 18.2 Å². The van der Waals surface area contributed by atoms with Crippen LogP contribution in [0.15, 0.2) is 54.6 Å². The van der Waals surface area contributed by atoms with Crippen molar-refractivity contribution >= 4 is 17.9 Å². The molecule has 2 fully saturated rings. The number of carbonyl (C=O) groups is 3. The molecule has 8 heteroatoms. The predicted molar refractivity (Wildman–Crippen MR) is 127 cm³/mol. The van der Waals surface area contributed by atoms with Gasteiger partial charge >= 0.3 is 12.0 Å². The smallest absolute Gasteiger partial charge is 0.315 e. The summed E-state index contributed by atoms with van der Waals surface area (Å²) in [5.41, 5.74) is 1.75. The largest absolute Gasteiger partial charge is 0.490 e. The molecule has 2 aromatic carbocycles. The number of rotatable bonds is 9. The van der Waals surface area contributed by atoms with Crippen LogP contribution in [0.2, 0.25) is 0 Å². The molecular weight excluding hydrogens is 434 g/mol. The van der Waals surface area contributed by atoms with Crippen molar-refractivity contribution in [2.75, 3.05) is 13.1 Å². The molecule has 0 bridgehead atoms. The van der Waals surface area contributed by atoms with Gasteiger partial charge in [-0.05, 0) is 61.9 Å². The number of amides is 3. The Labute approximate surface area is 199 Å². The first-order valence-corrected chi connectivity index (χ1v) is 11.9. The highest BCUT2D eigenvalue weighted by molar-refractivity contribution is 5.94. The summed E-state index contributed by atoms with van der Waals surface area (Å²) < 4.78 is 5.94. The van der Waals surface area contributed by atoms with Crippen molar-refractivity contribution < 1.29 is 24.2 Å². The lowest BCUT2D eigenvalue weighted by Crippen LogP contribution is -2.41. The number of urea groups is 1. The van der Waals surface area contributed by atoms with E-state index in [2.05, 4.69) is 28.1 Å². The van der Waals surface area contributed by atoms with Crippen LogP contribution in [0.25, 0.3) is 0 Å². The molecule has 2 aromatic rings. The third-order valence-electron chi connectivity index (χ3n) is 6.47. The van der Waals surface area contributed by atoms with Crippen LogP contribution in [0.4, 0.5) is 4.79 Å². The number of ether oxygens (including phenoxy) is 1. The van der Waals surface area contributed by atoms with E-state index in [1.165, 1.54) is 5.56 Å². The summed E-state index contributed by atoms with van der Waals surface area (Å²) in [5.74, 6) is -0.182. The summed E-state index contributed by atoms with van der Waals surface area (Å²) in [6.07, 6.45) is 3.63. The standard InChI is InChI=1S/C26H31N3O5/c30-24(18-6-10-20(11-7-18)34-21-12-8-19(9-13-21)25(31)32)27-14-15-28-26(33)29-23-16-22(23)17-4-2-1-3-5-17/h1-7,10-11,19,21-23H,8-9,12-16H2,(H,27,30)(H,31,32)(H2,28,29,33)/t19?,21?,22-,23+/m0/s1. The second-order valence-corrected chi connectivity index (χ2v) is 8.97. The third kappa shape index (κ3) is 6.50. The van der Waals surface area contributed by atoms with Crippen molar-refractivity contribution in [3.8, 4) is 5.75 Å². The molecule has 0 aromatic heterocycles. The Balaban J connectivity index is 1.11. The van der Waals surface area contributed by atoms with Crippen LogP contribution >= 0.6 is 0 Å². The van der Waals surface area contributed by atoms with Crippen molar-refractivity contribution in [1.82, 2.24) is 16.0 Å². The SMILES string of the molecule is O=C(NCCNC(=O)c1ccc(OC2CCC(C(=O)O)CC2)cc1)N[C@@H]1C[C@H]1c1ccccc1. The number of aliphatic carboxylic acids is 1. The quantitative estimate of drug-likeness (QED) is 0.424. The molecule has 0 radical (unpaired) electrons. The molecular formula is C26H31N3O5. The van der Waals surface area contributed by atoms with Gasteiger partial charge < -0.3 is 25.8 Å². The highest BCUT2D eigenvalue weighted by Gasteiger charge is 2.39. The molecule has 0 heterocycles. The Bertz CT molecular complexity index is 987. The van der Waals surface area contributed by atoms with Crippen LogP contribution in [0.3, 0.4) is 0 Å². The van der Waals surface area contributed by atoms with Gasteiger partial charge in [0.1, 0.15) is 5.75 Å². The monoisotopic (exact) mass is 465 g/mol. The summed E-state index contributed by atoms with van der Waals surface area (Å²) >= 11 is 0. The molecule has 0 unspecified atom stereocenters. The Hall–Kier alpha value is -3.55. The predicted octanol–water partition coefficient (Wildman–Crippen LogP) is 3.29. The minimum absolute atomic E-state index is 0.00566. The zero-order chi connectivity index (χ0) is 23.9. The van der Waals surface area contributed by atoms with Crippen LogP contribution in [0.5, 0.6) is 5.75 Å². The number of hydrogen-bond acceptors (Lipinski definition) is 4. The second kappa shape index (κ2) is 11.0. The maximum atomic E-state index is 12.3. The molecule has 34 heavy (non-hydrogen) atoms. The lowest BCUT2D eigenvalue weighted by molar-refractivity contribution is -0.143. The fraction of sp³-hybridized carbons (Fsp3) is 0.423. The van der Waals surface area contributed by atoms with Crippen LogP contribution in [-0.2, 0) is 4.79 Å². The lowest BCUT2D eigenvalue weighted by atomic mass is 9.87. The van der Waals surface area contributed by atoms with E-state index in [9.17, 15) is 14.4 Å². The van der Waals surface area contributed by atoms with Gasteiger partial charge in [0.25, 0.3) is 5.91 Å². The van der Waals surface area contributed by atoms with E-state index in [0.29, 0.717) is 56.0 Å². The van der Waals surface area contributed by atoms with Crippen LogP contribution in [-0.4, -0.2) is 48.2 Å². The fourth-order valence-corrected chi connectivity index (χ4v) is 4.40. The van der Waals surface area contributed by atoms with Gasteiger partial charge in [-0.2, -0.15) is 0 Å². The Morgan fingerprint density at radius 1 is 0.882 bits per heavy atom. The van der Waals surface area contributed by atoms with E-state index >= 15 is 0 Å². The molecule has 0 saturated heterocycles. The number of nitrogens with one attached hydrogen (secondary N) is 3. The number of carboxylic acid groups (broad SMARTS) is 1. The molecule has 4 rings (SSSR count). The highest BCUT2D eigenvalue weighted by Crippen LogP contribution is 2.40. The topological polar surface area (TPSA) is 117 Å². The first kappa shape index (κ1) is 23.6. The number of carboxylic acids is 1. The first-order chi connectivity index (χ1) is 16.5. The Kier molecular flexibility index (Phi) is 7.67. The van der Waals surface area contributed by atoms with Crippen LogP contribution in [0, 0.1) is 5.92 Å². The summed E-state index contributed by atoms with van der Waals surface area (Å²) in [4.78, 5) is 35.5. The van der Waals surface area contributed by atoms with Gasteiger partial charge in [0.2, 0.25) is 0 Å². The molecule has 3 amide bonds. The second-order valence-electron chi connectivity index (χ2n) is 8.97. The summed E-state index contributed by atoms with van der Waals surface area (Å²) in [6.45, 7) is 0.657. The average molecular weight is 466 g/mol. The summed E-state index contributed by atoms with van der Waals surface area (Å²) in [5, 5.41) is 17.6. The van der Waals surface area contributed by atoms with Crippen molar-refractivity contribution in [2.24, 2.45) is 5.92 Å². The van der Waals surface area contributed by atoms with E-state index in [-0.39, 0.29) is 30.0 Å². The number of benzene rings is 2.